The minimum absolute atomic E-state index is 0.120. The van der Waals surface area contributed by atoms with Crippen LogP contribution in [0.3, 0.4) is 0 Å². The van der Waals surface area contributed by atoms with Gasteiger partial charge < -0.3 is 15.2 Å². The summed E-state index contributed by atoms with van der Waals surface area (Å²) >= 11 is 4.68. The third-order valence-corrected chi connectivity index (χ3v) is 1.36. The van der Waals surface area contributed by atoms with Gasteiger partial charge in [-0.2, -0.15) is 0 Å². The van der Waals surface area contributed by atoms with Crippen LogP contribution >= 0.6 is 12.2 Å². The minimum atomic E-state index is 0.120. The lowest BCUT2D eigenvalue weighted by molar-refractivity contribution is 0.0125. The summed E-state index contributed by atoms with van der Waals surface area (Å²) in [5, 5.41) is 0. The van der Waals surface area contributed by atoms with Crippen molar-refractivity contribution in [2.75, 3.05) is 20.3 Å². The van der Waals surface area contributed by atoms with Gasteiger partial charge >= 0.3 is 0 Å². The first kappa shape index (κ1) is 10.8. The van der Waals surface area contributed by atoms with Gasteiger partial charge in [-0.3, -0.25) is 0 Å². The highest BCUT2D eigenvalue weighted by Crippen LogP contribution is 1.92. The molecule has 0 spiro atoms. The molecule has 0 heterocycles. The first-order valence-corrected chi connectivity index (χ1v) is 3.96. The van der Waals surface area contributed by atoms with Crippen molar-refractivity contribution in [2.45, 2.75) is 19.4 Å². The van der Waals surface area contributed by atoms with Crippen molar-refractivity contribution in [1.82, 2.24) is 0 Å². The Morgan fingerprint density at radius 1 is 1.64 bits per heavy atom. The lowest BCUT2D eigenvalue weighted by Crippen LogP contribution is -2.18. The van der Waals surface area contributed by atoms with E-state index in [1.54, 1.807) is 7.11 Å². The number of ether oxygens (including phenoxy) is 2. The average molecular weight is 177 g/mol. The van der Waals surface area contributed by atoms with Crippen molar-refractivity contribution >= 4 is 17.2 Å². The summed E-state index contributed by atoms with van der Waals surface area (Å²) in [5.41, 5.74) is 5.27. The van der Waals surface area contributed by atoms with Crippen LogP contribution in [0.4, 0.5) is 0 Å². The van der Waals surface area contributed by atoms with Crippen molar-refractivity contribution < 1.29 is 9.47 Å². The van der Waals surface area contributed by atoms with Crippen molar-refractivity contribution in [3.05, 3.63) is 0 Å². The molecule has 11 heavy (non-hydrogen) atoms. The first-order valence-electron chi connectivity index (χ1n) is 3.55. The highest BCUT2D eigenvalue weighted by Gasteiger charge is 2.00. The number of thiocarbonyl (C=S) groups is 1. The third kappa shape index (κ3) is 7.71. The molecule has 4 heteroatoms. The second-order valence-corrected chi connectivity index (χ2v) is 2.88. The van der Waals surface area contributed by atoms with Crippen molar-refractivity contribution in [1.29, 1.82) is 0 Å². The van der Waals surface area contributed by atoms with Gasteiger partial charge in [0.25, 0.3) is 0 Å². The van der Waals surface area contributed by atoms with Crippen LogP contribution in [0, 0.1) is 0 Å². The Kier molecular flexibility index (Phi) is 6.40. The quantitative estimate of drug-likeness (QED) is 0.607. The number of hydrogen-bond donors (Lipinski definition) is 1. The van der Waals surface area contributed by atoms with E-state index in [2.05, 4.69) is 12.2 Å². The predicted molar refractivity (Wildman–Crippen MR) is 48.7 cm³/mol. The Balaban J connectivity index is 3.16. The Labute approximate surface area is 72.9 Å². The van der Waals surface area contributed by atoms with E-state index in [-0.39, 0.29) is 6.10 Å². The molecule has 0 bridgehead atoms. The summed E-state index contributed by atoms with van der Waals surface area (Å²) in [6.07, 6.45) is 0.762. The molecule has 0 aromatic rings. The number of rotatable bonds is 6. The van der Waals surface area contributed by atoms with Crippen LogP contribution in [-0.2, 0) is 9.47 Å². The summed E-state index contributed by atoms with van der Waals surface area (Å²) < 4.78 is 10.2. The molecule has 66 valence electrons. The fourth-order valence-corrected chi connectivity index (χ4v) is 0.727. The molecular formula is C7H15NO2S. The Hall–Kier alpha value is -0.190. The molecule has 0 rings (SSSR count). The Morgan fingerprint density at radius 2 is 2.27 bits per heavy atom. The molecular weight excluding hydrogens is 162 g/mol. The molecule has 0 amide bonds. The summed E-state index contributed by atoms with van der Waals surface area (Å²) in [7, 11) is 1.65. The Bertz CT molecular complexity index is 119. The summed E-state index contributed by atoms with van der Waals surface area (Å²) in [6, 6.07) is 0. The summed E-state index contributed by atoms with van der Waals surface area (Å²) in [4.78, 5) is 0.495. The molecule has 1 unspecified atom stereocenters. The van der Waals surface area contributed by atoms with E-state index in [1.807, 2.05) is 6.92 Å². The number of hydrogen-bond acceptors (Lipinski definition) is 3. The van der Waals surface area contributed by atoms with Crippen LogP contribution in [0.5, 0.6) is 0 Å². The number of nitrogens with two attached hydrogens (primary N) is 1. The van der Waals surface area contributed by atoms with Gasteiger partial charge in [0.05, 0.1) is 24.3 Å². The average Bonchev–Trinajstić information content (AvgIpc) is 1.87. The zero-order valence-electron chi connectivity index (χ0n) is 7.00. The molecule has 0 aliphatic heterocycles. The molecule has 0 aliphatic rings. The van der Waals surface area contributed by atoms with Crippen LogP contribution in [0.15, 0.2) is 0 Å². The van der Waals surface area contributed by atoms with Gasteiger partial charge in [-0.15, -0.1) is 0 Å². The van der Waals surface area contributed by atoms with E-state index in [0.29, 0.717) is 24.6 Å². The molecule has 2 N–H and O–H groups in total. The lowest BCUT2D eigenvalue weighted by atomic mass is 10.4. The van der Waals surface area contributed by atoms with Gasteiger partial charge in [0.2, 0.25) is 0 Å². The normalized spacial score (nSPS) is 12.9. The molecule has 0 fully saturated rings. The smallest absolute Gasteiger partial charge is 0.0780 e. The predicted octanol–water partition coefficient (Wildman–Crippen LogP) is 0.714. The van der Waals surface area contributed by atoms with Crippen molar-refractivity contribution in [3.63, 3.8) is 0 Å². The largest absolute Gasteiger partial charge is 0.393 e. The monoisotopic (exact) mass is 177 g/mol. The molecule has 0 radical (unpaired) electrons. The molecule has 3 nitrogen and oxygen atoms in total. The minimum Gasteiger partial charge on any atom is -0.393 e. The van der Waals surface area contributed by atoms with E-state index in [4.69, 9.17) is 15.2 Å². The van der Waals surface area contributed by atoms with Gasteiger partial charge in [-0.05, 0) is 6.92 Å². The van der Waals surface area contributed by atoms with E-state index >= 15 is 0 Å². The second-order valence-electron chi connectivity index (χ2n) is 2.35. The highest BCUT2D eigenvalue weighted by molar-refractivity contribution is 7.80. The van der Waals surface area contributed by atoms with Crippen LogP contribution in [0.1, 0.15) is 13.3 Å². The molecule has 1 atom stereocenters. The maximum absolute atomic E-state index is 5.30. The standard InChI is InChI=1S/C7H15NO2S/c1-6(5-9-2)10-4-3-7(8)11/h6H,3-5H2,1-2H3,(H2,8,11). The molecule has 0 aromatic carbocycles. The SMILES string of the molecule is COCC(C)OCCC(N)=S. The van der Waals surface area contributed by atoms with Crippen LogP contribution < -0.4 is 5.73 Å². The third-order valence-electron chi connectivity index (χ3n) is 1.15. The van der Waals surface area contributed by atoms with E-state index < -0.39 is 0 Å². The van der Waals surface area contributed by atoms with Crippen molar-refractivity contribution in [2.24, 2.45) is 5.73 Å². The first-order chi connectivity index (χ1) is 5.16. The van der Waals surface area contributed by atoms with Gasteiger partial charge in [0.15, 0.2) is 0 Å². The zero-order valence-corrected chi connectivity index (χ0v) is 7.82. The molecule has 0 aromatic heterocycles. The van der Waals surface area contributed by atoms with Crippen LogP contribution in [0.2, 0.25) is 0 Å². The fourth-order valence-electron chi connectivity index (χ4n) is 0.644. The van der Waals surface area contributed by atoms with Gasteiger partial charge in [0, 0.05) is 13.5 Å². The maximum Gasteiger partial charge on any atom is 0.0780 e. The maximum atomic E-state index is 5.30. The van der Waals surface area contributed by atoms with E-state index in [1.165, 1.54) is 0 Å². The lowest BCUT2D eigenvalue weighted by Gasteiger charge is -2.10. The zero-order chi connectivity index (χ0) is 8.69. The van der Waals surface area contributed by atoms with Crippen LogP contribution in [0.25, 0.3) is 0 Å². The Morgan fingerprint density at radius 3 is 2.73 bits per heavy atom. The summed E-state index contributed by atoms with van der Waals surface area (Å²) in [5.74, 6) is 0. The molecule has 0 saturated heterocycles. The highest BCUT2D eigenvalue weighted by atomic mass is 32.1. The number of methoxy groups -OCH3 is 1. The van der Waals surface area contributed by atoms with Gasteiger partial charge in [-0.1, -0.05) is 12.2 Å². The molecule has 0 saturated carbocycles. The second kappa shape index (κ2) is 6.52. The van der Waals surface area contributed by atoms with E-state index in [0.717, 1.165) is 0 Å². The fraction of sp³-hybridized carbons (Fsp3) is 0.857. The van der Waals surface area contributed by atoms with Crippen LogP contribution in [-0.4, -0.2) is 31.4 Å². The van der Waals surface area contributed by atoms with Crippen molar-refractivity contribution in [3.8, 4) is 0 Å². The van der Waals surface area contributed by atoms with Gasteiger partial charge in [0.1, 0.15) is 0 Å². The van der Waals surface area contributed by atoms with Gasteiger partial charge in [-0.25, -0.2) is 0 Å². The van der Waals surface area contributed by atoms with E-state index in [9.17, 15) is 0 Å². The topological polar surface area (TPSA) is 44.5 Å². The molecule has 0 aliphatic carbocycles. The summed E-state index contributed by atoms with van der Waals surface area (Å²) in [6.45, 7) is 3.14.